The first-order valence-electron chi connectivity index (χ1n) is 7.83. The highest BCUT2D eigenvalue weighted by atomic mass is 32.2. The van der Waals surface area contributed by atoms with Crippen LogP contribution in [0.15, 0.2) is 28.1 Å². The third-order valence-electron chi connectivity index (χ3n) is 4.25. The average molecular weight is 339 g/mol. The zero-order valence-electron chi connectivity index (χ0n) is 14.6. The predicted octanol–water partition coefficient (Wildman–Crippen LogP) is 3.95. The van der Waals surface area contributed by atoms with Gasteiger partial charge in [0.2, 0.25) is 0 Å². The minimum absolute atomic E-state index is 0.259. The van der Waals surface area contributed by atoms with Crippen molar-refractivity contribution in [2.45, 2.75) is 34.6 Å². The molecule has 0 radical (unpaired) electrons. The quantitative estimate of drug-likeness (QED) is 0.843. The van der Waals surface area contributed by atoms with Gasteiger partial charge in [0, 0.05) is 11.4 Å². The molecule has 2 N–H and O–H groups in total. The van der Waals surface area contributed by atoms with Gasteiger partial charge in [0.1, 0.15) is 0 Å². The van der Waals surface area contributed by atoms with Crippen LogP contribution in [0.2, 0.25) is 0 Å². The van der Waals surface area contributed by atoms with Gasteiger partial charge in [-0.2, -0.15) is 4.99 Å². The van der Waals surface area contributed by atoms with Gasteiger partial charge in [0.05, 0.1) is 10.6 Å². The van der Waals surface area contributed by atoms with Crippen LogP contribution in [0.5, 0.6) is 0 Å². The topological polar surface area (TPSA) is 60.4 Å². The Balaban J connectivity index is 2.12. The molecule has 0 saturated heterocycles. The normalized spacial score (nSPS) is 16.1. The van der Waals surface area contributed by atoms with Gasteiger partial charge >= 0.3 is 0 Å². The summed E-state index contributed by atoms with van der Waals surface area (Å²) in [6.45, 7) is 10.5. The van der Waals surface area contributed by atoms with E-state index < -0.39 is 0 Å². The van der Waals surface area contributed by atoms with Gasteiger partial charge in [-0.15, -0.1) is 0 Å². The highest BCUT2D eigenvalue weighted by Crippen LogP contribution is 2.31. The molecule has 124 valence electrons. The number of rotatable bonds is 2. The van der Waals surface area contributed by atoms with Crippen molar-refractivity contribution in [3.63, 3.8) is 0 Å². The lowest BCUT2D eigenvalue weighted by atomic mass is 10.0. The first-order valence-corrected chi connectivity index (χ1v) is 8.64. The molecular formula is C19H21N3OS. The Morgan fingerprint density at radius 1 is 1.08 bits per heavy atom. The minimum atomic E-state index is -0.259. The van der Waals surface area contributed by atoms with E-state index in [2.05, 4.69) is 62.4 Å². The number of nitrogens with two attached hydrogens (primary N) is 1. The SMILES string of the molecule is Cc1cc(C)c(-n2c(C)cc(/C=C3/SC(N)=NC3=O)c2C)c(C)c1. The second-order valence-electron chi connectivity index (χ2n) is 6.28. The minimum Gasteiger partial charge on any atom is -0.378 e. The van der Waals surface area contributed by atoms with Gasteiger partial charge in [-0.25, -0.2) is 0 Å². The van der Waals surface area contributed by atoms with Crippen molar-refractivity contribution in [2.75, 3.05) is 0 Å². The molecule has 1 aliphatic rings. The van der Waals surface area contributed by atoms with Gasteiger partial charge in [-0.1, -0.05) is 17.7 Å². The maximum Gasteiger partial charge on any atom is 0.286 e. The molecule has 0 fully saturated rings. The van der Waals surface area contributed by atoms with E-state index in [0.717, 1.165) is 17.0 Å². The molecule has 0 unspecified atom stereocenters. The Morgan fingerprint density at radius 2 is 1.71 bits per heavy atom. The number of carbonyl (C=O) groups excluding carboxylic acids is 1. The van der Waals surface area contributed by atoms with Gasteiger partial charge < -0.3 is 10.3 Å². The van der Waals surface area contributed by atoms with Crippen molar-refractivity contribution in [2.24, 2.45) is 10.7 Å². The van der Waals surface area contributed by atoms with Crippen molar-refractivity contribution in [3.8, 4) is 5.69 Å². The molecule has 2 heterocycles. The van der Waals surface area contributed by atoms with Gasteiger partial charge in [0.25, 0.3) is 5.91 Å². The Bertz CT molecular complexity index is 896. The zero-order valence-corrected chi connectivity index (χ0v) is 15.4. The smallest absolute Gasteiger partial charge is 0.286 e. The predicted molar refractivity (Wildman–Crippen MR) is 102 cm³/mol. The number of nitrogens with zero attached hydrogens (tertiary/aromatic N) is 2. The van der Waals surface area contributed by atoms with Crippen LogP contribution >= 0.6 is 11.8 Å². The third kappa shape index (κ3) is 2.80. The lowest BCUT2D eigenvalue weighted by Crippen LogP contribution is -2.04. The highest BCUT2D eigenvalue weighted by molar-refractivity contribution is 8.18. The van der Waals surface area contributed by atoms with Crippen molar-refractivity contribution >= 4 is 28.9 Å². The molecule has 5 heteroatoms. The first kappa shape index (κ1) is 16.6. The number of aliphatic imine (C=N–C) groups is 1. The molecule has 0 spiro atoms. The molecule has 0 bridgehead atoms. The van der Waals surface area contributed by atoms with Crippen LogP contribution in [-0.2, 0) is 4.79 Å². The molecule has 24 heavy (non-hydrogen) atoms. The van der Waals surface area contributed by atoms with Gasteiger partial charge in [-0.05, 0) is 75.2 Å². The van der Waals surface area contributed by atoms with Crippen LogP contribution in [0.4, 0.5) is 0 Å². The number of aromatic nitrogens is 1. The number of carbonyl (C=O) groups is 1. The number of hydrogen-bond acceptors (Lipinski definition) is 3. The second-order valence-corrected chi connectivity index (χ2v) is 7.34. The number of amides is 1. The monoisotopic (exact) mass is 339 g/mol. The molecule has 0 atom stereocenters. The summed E-state index contributed by atoms with van der Waals surface area (Å²) < 4.78 is 2.25. The molecule has 4 nitrogen and oxygen atoms in total. The molecule has 1 aliphatic heterocycles. The number of thioether (sulfide) groups is 1. The van der Waals surface area contributed by atoms with Crippen molar-refractivity contribution in [3.05, 3.63) is 56.7 Å². The number of aryl methyl sites for hydroxylation is 4. The van der Waals surface area contributed by atoms with Crippen molar-refractivity contribution < 1.29 is 4.79 Å². The average Bonchev–Trinajstić information content (AvgIpc) is 2.91. The Labute approximate surface area is 146 Å². The highest BCUT2D eigenvalue weighted by Gasteiger charge is 2.21. The summed E-state index contributed by atoms with van der Waals surface area (Å²) in [6, 6.07) is 6.50. The van der Waals surface area contributed by atoms with Crippen molar-refractivity contribution in [1.82, 2.24) is 4.57 Å². The lowest BCUT2D eigenvalue weighted by molar-refractivity contribution is -0.113. The fourth-order valence-corrected chi connectivity index (χ4v) is 4.04. The van der Waals surface area contributed by atoms with Crippen molar-refractivity contribution in [1.29, 1.82) is 0 Å². The van der Waals surface area contributed by atoms with Gasteiger partial charge in [0.15, 0.2) is 5.17 Å². The standard InChI is InChI=1S/C19H21N3OS/c1-10-6-11(2)17(12(3)7-10)22-13(4)8-15(14(22)5)9-16-18(23)21-19(20)24-16/h6-9H,1-5H3,(H2,20,21,23)/b16-9+. The second kappa shape index (κ2) is 5.98. The largest absolute Gasteiger partial charge is 0.378 e. The maximum atomic E-state index is 11.8. The Hall–Kier alpha value is -2.27. The Kier molecular flexibility index (Phi) is 4.13. The molecule has 1 aromatic carbocycles. The summed E-state index contributed by atoms with van der Waals surface area (Å²) in [7, 11) is 0. The van der Waals surface area contributed by atoms with Crippen LogP contribution < -0.4 is 5.73 Å². The van der Waals surface area contributed by atoms with E-state index in [0.29, 0.717) is 10.1 Å². The lowest BCUT2D eigenvalue weighted by Gasteiger charge is -2.17. The molecule has 2 aromatic rings. The van der Waals surface area contributed by atoms with Crippen LogP contribution in [-0.4, -0.2) is 15.6 Å². The van der Waals surface area contributed by atoms with Crippen LogP contribution in [0.3, 0.4) is 0 Å². The summed E-state index contributed by atoms with van der Waals surface area (Å²) in [5, 5.41) is 0.310. The van der Waals surface area contributed by atoms with Gasteiger partial charge in [-0.3, -0.25) is 4.79 Å². The molecule has 0 aliphatic carbocycles. The molecule has 3 rings (SSSR count). The zero-order chi connectivity index (χ0) is 17.6. The van der Waals surface area contributed by atoms with E-state index in [9.17, 15) is 4.79 Å². The van der Waals surface area contributed by atoms with Crippen LogP contribution in [0.1, 0.15) is 33.6 Å². The summed E-state index contributed by atoms with van der Waals surface area (Å²) in [5.41, 5.74) is 13.9. The maximum absolute atomic E-state index is 11.8. The van der Waals surface area contributed by atoms with E-state index in [4.69, 9.17) is 5.73 Å². The van der Waals surface area contributed by atoms with Crippen LogP contribution in [0, 0.1) is 34.6 Å². The molecule has 1 aromatic heterocycles. The van der Waals surface area contributed by atoms with Crippen LogP contribution in [0.25, 0.3) is 11.8 Å². The molecular weight excluding hydrogens is 318 g/mol. The number of hydrogen-bond donors (Lipinski definition) is 1. The first-order chi connectivity index (χ1) is 11.3. The summed E-state index contributed by atoms with van der Waals surface area (Å²) in [5.74, 6) is -0.259. The van der Waals surface area contributed by atoms with E-state index in [-0.39, 0.29) is 5.91 Å². The number of amidine groups is 1. The van der Waals surface area contributed by atoms with E-state index in [1.54, 1.807) is 0 Å². The fraction of sp³-hybridized carbons (Fsp3) is 0.263. The fourth-order valence-electron chi connectivity index (χ4n) is 3.37. The summed E-state index contributed by atoms with van der Waals surface area (Å²) in [6.07, 6.45) is 1.88. The van der Waals surface area contributed by atoms with E-state index in [1.165, 1.54) is 34.1 Å². The molecule has 0 saturated carbocycles. The summed E-state index contributed by atoms with van der Waals surface area (Å²) in [4.78, 5) is 16.2. The van der Waals surface area contributed by atoms with E-state index in [1.807, 2.05) is 6.08 Å². The Morgan fingerprint density at radius 3 is 2.25 bits per heavy atom. The van der Waals surface area contributed by atoms with E-state index >= 15 is 0 Å². The molecule has 1 amide bonds. The number of benzene rings is 1. The third-order valence-corrected chi connectivity index (χ3v) is 5.07. The summed E-state index contributed by atoms with van der Waals surface area (Å²) >= 11 is 1.23.